The summed E-state index contributed by atoms with van der Waals surface area (Å²) in [5, 5.41) is 0. The van der Waals surface area contributed by atoms with Gasteiger partial charge in [-0.25, -0.2) is 0 Å². The summed E-state index contributed by atoms with van der Waals surface area (Å²) in [6.07, 6.45) is 7.10. The molecule has 26 heavy (non-hydrogen) atoms. The van der Waals surface area contributed by atoms with Crippen molar-refractivity contribution in [3.05, 3.63) is 45.9 Å². The fourth-order valence-corrected chi connectivity index (χ4v) is 4.84. The third-order valence-electron chi connectivity index (χ3n) is 5.20. The van der Waals surface area contributed by atoms with Gasteiger partial charge in [-0.05, 0) is 49.9 Å². The second kappa shape index (κ2) is 7.76. The van der Waals surface area contributed by atoms with Crippen molar-refractivity contribution in [2.75, 3.05) is 37.7 Å². The molecular weight excluding hydrogens is 346 g/mol. The number of ether oxygens (including phenoxy) is 1. The van der Waals surface area contributed by atoms with Crippen LogP contribution in [0.15, 0.2) is 30.6 Å². The Morgan fingerprint density at radius 2 is 2.12 bits per heavy atom. The maximum absolute atomic E-state index is 13.0. The van der Waals surface area contributed by atoms with Gasteiger partial charge in [0.2, 0.25) is 0 Å². The number of carbonyl (C=O) groups is 1. The lowest BCUT2D eigenvalue weighted by Gasteiger charge is -2.24. The van der Waals surface area contributed by atoms with Crippen LogP contribution < -0.4 is 4.90 Å². The van der Waals surface area contributed by atoms with Gasteiger partial charge in [-0.1, -0.05) is 0 Å². The molecular formula is C20H25N3O2S. The van der Waals surface area contributed by atoms with E-state index in [2.05, 4.69) is 28.9 Å². The van der Waals surface area contributed by atoms with Crippen molar-refractivity contribution < 1.29 is 9.53 Å². The molecule has 2 aromatic rings. The minimum atomic E-state index is 0.160. The normalized spacial score (nSPS) is 21.0. The predicted molar refractivity (Wildman–Crippen MR) is 104 cm³/mol. The third kappa shape index (κ3) is 3.62. The number of rotatable bonds is 3. The van der Waals surface area contributed by atoms with Gasteiger partial charge in [0.05, 0.1) is 11.0 Å². The van der Waals surface area contributed by atoms with Crippen LogP contribution in [-0.2, 0) is 4.74 Å². The second-order valence-corrected chi connectivity index (χ2v) is 8.11. The standard InChI is InChI=1S/C20H25N3O2S/c1-15-14-21-8-7-16(15)22-9-3-10-23(12-11-22)20(24)19-6-5-18(26-19)17-4-2-13-25-17/h5-8,14,17H,2-4,9-13H2,1H3. The summed E-state index contributed by atoms with van der Waals surface area (Å²) in [5.74, 6) is 0.160. The maximum Gasteiger partial charge on any atom is 0.263 e. The maximum atomic E-state index is 13.0. The molecule has 0 radical (unpaired) electrons. The first-order chi connectivity index (χ1) is 12.7. The van der Waals surface area contributed by atoms with E-state index in [1.807, 2.05) is 23.4 Å². The minimum Gasteiger partial charge on any atom is -0.373 e. The van der Waals surface area contributed by atoms with Gasteiger partial charge in [0.1, 0.15) is 0 Å². The van der Waals surface area contributed by atoms with E-state index < -0.39 is 0 Å². The van der Waals surface area contributed by atoms with E-state index in [0.717, 1.165) is 56.9 Å². The fourth-order valence-electron chi connectivity index (χ4n) is 3.78. The number of hydrogen-bond acceptors (Lipinski definition) is 5. The van der Waals surface area contributed by atoms with Crippen LogP contribution in [-0.4, -0.2) is 48.6 Å². The molecule has 2 aliphatic rings. The molecule has 1 amide bonds. The summed E-state index contributed by atoms with van der Waals surface area (Å²) in [5.41, 5.74) is 2.41. The van der Waals surface area contributed by atoms with Crippen LogP contribution in [0.3, 0.4) is 0 Å². The van der Waals surface area contributed by atoms with Crippen molar-refractivity contribution in [3.63, 3.8) is 0 Å². The molecule has 5 nitrogen and oxygen atoms in total. The van der Waals surface area contributed by atoms with Crippen LogP contribution in [0.4, 0.5) is 5.69 Å². The van der Waals surface area contributed by atoms with Crippen LogP contribution in [0.2, 0.25) is 0 Å². The summed E-state index contributed by atoms with van der Waals surface area (Å²) in [7, 11) is 0. The molecule has 0 saturated carbocycles. The summed E-state index contributed by atoms with van der Waals surface area (Å²) in [4.78, 5) is 23.5. The zero-order chi connectivity index (χ0) is 17.9. The molecule has 138 valence electrons. The second-order valence-electron chi connectivity index (χ2n) is 7.00. The molecule has 4 heterocycles. The van der Waals surface area contributed by atoms with Crippen molar-refractivity contribution in [2.45, 2.75) is 32.3 Å². The largest absolute Gasteiger partial charge is 0.373 e. The third-order valence-corrected chi connectivity index (χ3v) is 6.36. The van der Waals surface area contributed by atoms with Crippen molar-refractivity contribution >= 4 is 22.9 Å². The first-order valence-electron chi connectivity index (χ1n) is 9.38. The molecule has 1 unspecified atom stereocenters. The number of nitrogens with zero attached hydrogens (tertiary/aromatic N) is 3. The Morgan fingerprint density at radius 3 is 2.92 bits per heavy atom. The van der Waals surface area contributed by atoms with E-state index in [1.54, 1.807) is 11.3 Å². The van der Waals surface area contributed by atoms with Gasteiger partial charge >= 0.3 is 0 Å². The number of thiophene rings is 1. The van der Waals surface area contributed by atoms with Crippen LogP contribution in [0.25, 0.3) is 0 Å². The lowest BCUT2D eigenvalue weighted by molar-refractivity contribution is 0.0772. The molecule has 6 heteroatoms. The first kappa shape index (κ1) is 17.5. The number of anilines is 1. The Morgan fingerprint density at radius 1 is 1.19 bits per heavy atom. The molecule has 4 rings (SSSR count). The van der Waals surface area contributed by atoms with E-state index in [4.69, 9.17) is 4.74 Å². The number of aryl methyl sites for hydroxylation is 1. The number of carbonyl (C=O) groups excluding carboxylic acids is 1. The SMILES string of the molecule is Cc1cnccc1N1CCCN(C(=O)c2ccc(C3CCCO3)s2)CC1. The lowest BCUT2D eigenvalue weighted by Crippen LogP contribution is -2.35. The Kier molecular flexibility index (Phi) is 5.22. The van der Waals surface area contributed by atoms with Crippen molar-refractivity contribution in [3.8, 4) is 0 Å². The summed E-state index contributed by atoms with van der Waals surface area (Å²) < 4.78 is 5.75. The van der Waals surface area contributed by atoms with Gasteiger partial charge in [0, 0.05) is 55.7 Å². The fraction of sp³-hybridized carbons (Fsp3) is 0.500. The number of hydrogen-bond donors (Lipinski definition) is 0. The van der Waals surface area contributed by atoms with Crippen molar-refractivity contribution in [1.29, 1.82) is 0 Å². The summed E-state index contributed by atoms with van der Waals surface area (Å²) in [6.45, 7) is 6.33. The van der Waals surface area contributed by atoms with Gasteiger partial charge in [-0.2, -0.15) is 0 Å². The van der Waals surface area contributed by atoms with Gasteiger partial charge < -0.3 is 14.5 Å². The van der Waals surface area contributed by atoms with Gasteiger partial charge in [-0.3, -0.25) is 9.78 Å². The van der Waals surface area contributed by atoms with Crippen LogP contribution >= 0.6 is 11.3 Å². The molecule has 2 aliphatic heterocycles. The van der Waals surface area contributed by atoms with E-state index >= 15 is 0 Å². The highest BCUT2D eigenvalue weighted by atomic mass is 32.1. The molecule has 0 aromatic carbocycles. The zero-order valence-corrected chi connectivity index (χ0v) is 16.0. The zero-order valence-electron chi connectivity index (χ0n) is 15.2. The van der Waals surface area contributed by atoms with Gasteiger partial charge in [0.15, 0.2) is 0 Å². The van der Waals surface area contributed by atoms with Gasteiger partial charge in [-0.15, -0.1) is 11.3 Å². The highest BCUT2D eigenvalue weighted by Crippen LogP contribution is 2.33. The van der Waals surface area contributed by atoms with Crippen LogP contribution in [0.1, 0.15) is 45.5 Å². The van der Waals surface area contributed by atoms with Crippen LogP contribution in [0, 0.1) is 6.92 Å². The molecule has 1 atom stereocenters. The van der Waals surface area contributed by atoms with Crippen molar-refractivity contribution in [1.82, 2.24) is 9.88 Å². The highest BCUT2D eigenvalue weighted by Gasteiger charge is 2.25. The lowest BCUT2D eigenvalue weighted by atomic mass is 10.2. The predicted octanol–water partition coefficient (Wildman–Crippen LogP) is 3.66. The van der Waals surface area contributed by atoms with Crippen LogP contribution in [0.5, 0.6) is 0 Å². The number of amides is 1. The number of aromatic nitrogens is 1. The molecule has 0 N–H and O–H groups in total. The Balaban J connectivity index is 1.42. The smallest absolute Gasteiger partial charge is 0.263 e. The molecule has 2 saturated heterocycles. The first-order valence-corrected chi connectivity index (χ1v) is 10.2. The highest BCUT2D eigenvalue weighted by molar-refractivity contribution is 7.14. The molecule has 0 bridgehead atoms. The molecule has 2 aromatic heterocycles. The Labute approximate surface area is 158 Å². The van der Waals surface area contributed by atoms with Crippen molar-refractivity contribution in [2.24, 2.45) is 0 Å². The monoisotopic (exact) mass is 371 g/mol. The van der Waals surface area contributed by atoms with E-state index in [9.17, 15) is 4.79 Å². The summed E-state index contributed by atoms with van der Waals surface area (Å²) >= 11 is 1.60. The molecule has 0 aliphatic carbocycles. The Hall–Kier alpha value is -1.92. The quantitative estimate of drug-likeness (QED) is 0.826. The molecule has 2 fully saturated rings. The number of pyridine rings is 1. The van der Waals surface area contributed by atoms with E-state index in [-0.39, 0.29) is 12.0 Å². The summed E-state index contributed by atoms with van der Waals surface area (Å²) in [6, 6.07) is 6.11. The topological polar surface area (TPSA) is 45.7 Å². The minimum absolute atomic E-state index is 0.160. The average molecular weight is 372 g/mol. The van der Waals surface area contributed by atoms with E-state index in [1.165, 1.54) is 16.1 Å². The van der Waals surface area contributed by atoms with Gasteiger partial charge in [0.25, 0.3) is 5.91 Å². The van der Waals surface area contributed by atoms with E-state index in [0.29, 0.717) is 0 Å². The Bertz CT molecular complexity index is 770. The average Bonchev–Trinajstić information content (AvgIpc) is 3.29. The molecule has 0 spiro atoms.